The van der Waals surface area contributed by atoms with Crippen molar-refractivity contribution < 1.29 is 14.3 Å². The van der Waals surface area contributed by atoms with Crippen LogP contribution in [0, 0.1) is 11.8 Å². The van der Waals surface area contributed by atoms with Gasteiger partial charge in [-0.3, -0.25) is 9.59 Å². The molecule has 1 saturated carbocycles. The van der Waals surface area contributed by atoms with Crippen molar-refractivity contribution in [1.82, 2.24) is 4.90 Å². The molecule has 1 aromatic rings. The third-order valence-corrected chi connectivity index (χ3v) is 6.28. The Hall–Kier alpha value is -1.01. The molecule has 3 atom stereocenters. The van der Waals surface area contributed by atoms with Crippen molar-refractivity contribution in [2.24, 2.45) is 11.8 Å². The molecule has 0 radical (unpaired) electrons. The van der Waals surface area contributed by atoms with Gasteiger partial charge in [0.05, 0.1) is 23.7 Å². The normalized spacial score (nSPS) is 28.0. The zero-order valence-electron chi connectivity index (χ0n) is 12.0. The van der Waals surface area contributed by atoms with E-state index in [9.17, 15) is 9.59 Å². The molecule has 1 amide bonds. The first-order chi connectivity index (χ1) is 10.2. The lowest BCUT2D eigenvalue weighted by atomic mass is 10.2. The molecule has 1 aliphatic carbocycles. The second kappa shape index (κ2) is 6.40. The summed E-state index contributed by atoms with van der Waals surface area (Å²) in [6.45, 7) is 3.01. The molecule has 6 heteroatoms. The van der Waals surface area contributed by atoms with Crippen LogP contribution in [0.1, 0.15) is 18.2 Å². The molecular formula is C15H19NO3S2. The van der Waals surface area contributed by atoms with Crippen LogP contribution in [0.2, 0.25) is 0 Å². The Morgan fingerprint density at radius 2 is 2.38 bits per heavy atom. The number of amides is 1. The first-order valence-electron chi connectivity index (χ1n) is 7.30. The summed E-state index contributed by atoms with van der Waals surface area (Å²) in [6, 6.07) is 4.14. The van der Waals surface area contributed by atoms with Gasteiger partial charge < -0.3 is 9.64 Å². The van der Waals surface area contributed by atoms with Crippen molar-refractivity contribution in [1.29, 1.82) is 0 Å². The maximum absolute atomic E-state index is 12.1. The zero-order chi connectivity index (χ0) is 14.8. The number of hydrogen-bond acceptors (Lipinski definition) is 5. The number of nitrogens with zero attached hydrogens (tertiary/aromatic N) is 1. The minimum atomic E-state index is -0.0966. The van der Waals surface area contributed by atoms with Crippen LogP contribution in [0.3, 0.4) is 0 Å². The van der Waals surface area contributed by atoms with Crippen LogP contribution in [-0.4, -0.2) is 41.1 Å². The second-order valence-corrected chi connectivity index (χ2v) is 7.51. The van der Waals surface area contributed by atoms with Crippen molar-refractivity contribution in [3.63, 3.8) is 0 Å². The van der Waals surface area contributed by atoms with Crippen molar-refractivity contribution >= 4 is 35.0 Å². The minimum absolute atomic E-state index is 0.00223. The first-order valence-corrected chi connectivity index (χ1v) is 9.23. The third-order valence-electron chi connectivity index (χ3n) is 3.98. The summed E-state index contributed by atoms with van der Waals surface area (Å²) in [5.74, 6) is 0.930. The second-order valence-electron chi connectivity index (χ2n) is 5.38. The van der Waals surface area contributed by atoms with Gasteiger partial charge >= 0.3 is 5.97 Å². The Morgan fingerprint density at radius 3 is 3.10 bits per heavy atom. The van der Waals surface area contributed by atoms with E-state index in [1.54, 1.807) is 23.1 Å². The van der Waals surface area contributed by atoms with Crippen LogP contribution < -0.4 is 0 Å². The topological polar surface area (TPSA) is 46.6 Å². The van der Waals surface area contributed by atoms with Crippen LogP contribution >= 0.6 is 23.1 Å². The SMILES string of the molecule is CCOC(=O)C1CC1C1SCC(=O)N1CCc1cccs1. The molecular weight excluding hydrogens is 306 g/mol. The Labute approximate surface area is 132 Å². The van der Waals surface area contributed by atoms with Gasteiger partial charge in [0.15, 0.2) is 0 Å². The number of hydrogen-bond donors (Lipinski definition) is 0. The van der Waals surface area contributed by atoms with E-state index in [1.807, 2.05) is 17.9 Å². The monoisotopic (exact) mass is 325 g/mol. The average Bonchev–Trinajstić information content (AvgIpc) is 2.92. The van der Waals surface area contributed by atoms with E-state index in [2.05, 4.69) is 11.4 Å². The summed E-state index contributed by atoms with van der Waals surface area (Å²) < 4.78 is 5.09. The zero-order valence-corrected chi connectivity index (χ0v) is 13.6. The van der Waals surface area contributed by atoms with Crippen LogP contribution in [0.15, 0.2) is 17.5 Å². The van der Waals surface area contributed by atoms with Crippen molar-refractivity contribution in [3.8, 4) is 0 Å². The Balaban J connectivity index is 1.57. The van der Waals surface area contributed by atoms with Gasteiger partial charge in [-0.2, -0.15) is 0 Å². The van der Waals surface area contributed by atoms with Gasteiger partial charge in [0.1, 0.15) is 0 Å². The van der Waals surface area contributed by atoms with E-state index >= 15 is 0 Å². The van der Waals surface area contributed by atoms with E-state index < -0.39 is 0 Å². The molecule has 21 heavy (non-hydrogen) atoms. The van der Waals surface area contributed by atoms with Crippen LogP contribution in [0.5, 0.6) is 0 Å². The molecule has 0 N–H and O–H groups in total. The molecule has 0 spiro atoms. The highest BCUT2D eigenvalue weighted by Gasteiger charge is 2.53. The highest BCUT2D eigenvalue weighted by molar-refractivity contribution is 8.01. The molecule has 1 saturated heterocycles. The maximum Gasteiger partial charge on any atom is 0.309 e. The molecule has 2 aliphatic rings. The Bertz CT molecular complexity index is 517. The largest absolute Gasteiger partial charge is 0.466 e. The minimum Gasteiger partial charge on any atom is -0.466 e. The maximum atomic E-state index is 12.1. The number of carbonyl (C=O) groups is 2. The molecule has 3 rings (SSSR count). The van der Waals surface area contributed by atoms with Gasteiger partial charge in [-0.05, 0) is 31.2 Å². The van der Waals surface area contributed by atoms with E-state index in [-0.39, 0.29) is 29.1 Å². The van der Waals surface area contributed by atoms with Gasteiger partial charge in [0.2, 0.25) is 5.91 Å². The fraction of sp³-hybridized carbons (Fsp3) is 0.600. The van der Waals surface area contributed by atoms with Gasteiger partial charge in [-0.15, -0.1) is 23.1 Å². The van der Waals surface area contributed by atoms with Crippen LogP contribution in [-0.2, 0) is 20.7 Å². The summed E-state index contributed by atoms with van der Waals surface area (Å²) in [7, 11) is 0. The molecule has 0 bridgehead atoms. The predicted octanol–water partition coefficient (Wildman–Crippen LogP) is 2.39. The van der Waals surface area contributed by atoms with Crippen molar-refractivity contribution in [3.05, 3.63) is 22.4 Å². The molecule has 2 heterocycles. The number of ether oxygens (including phenoxy) is 1. The summed E-state index contributed by atoms with van der Waals surface area (Å²) in [4.78, 5) is 27.1. The number of thioether (sulfide) groups is 1. The van der Waals surface area contributed by atoms with Crippen LogP contribution in [0.25, 0.3) is 0 Å². The predicted molar refractivity (Wildman–Crippen MR) is 84.2 cm³/mol. The molecule has 1 aliphatic heterocycles. The highest BCUT2D eigenvalue weighted by Crippen LogP contribution is 2.49. The Kier molecular flexibility index (Phi) is 4.54. The van der Waals surface area contributed by atoms with Gasteiger partial charge in [-0.25, -0.2) is 0 Å². The number of thiophene rings is 1. The van der Waals surface area contributed by atoms with E-state index in [0.29, 0.717) is 12.4 Å². The van der Waals surface area contributed by atoms with E-state index in [1.165, 1.54) is 4.88 Å². The summed E-state index contributed by atoms with van der Waals surface area (Å²) in [6.07, 6.45) is 1.76. The number of carbonyl (C=O) groups excluding carboxylic acids is 2. The molecule has 3 unspecified atom stereocenters. The molecule has 2 fully saturated rings. The molecule has 114 valence electrons. The summed E-state index contributed by atoms with van der Waals surface area (Å²) in [5, 5.41) is 2.22. The van der Waals surface area contributed by atoms with Gasteiger partial charge in [0, 0.05) is 17.3 Å². The Morgan fingerprint density at radius 1 is 1.52 bits per heavy atom. The molecule has 4 nitrogen and oxygen atoms in total. The van der Waals surface area contributed by atoms with Crippen molar-refractivity contribution in [2.45, 2.75) is 25.1 Å². The number of rotatable bonds is 6. The summed E-state index contributed by atoms with van der Waals surface area (Å²) in [5.41, 5.74) is 0. The number of esters is 1. The smallest absolute Gasteiger partial charge is 0.309 e. The fourth-order valence-corrected chi connectivity index (χ4v) is 4.94. The average molecular weight is 325 g/mol. The van der Waals surface area contributed by atoms with E-state index in [4.69, 9.17) is 4.74 Å². The van der Waals surface area contributed by atoms with Gasteiger partial charge in [0.25, 0.3) is 0 Å². The third kappa shape index (κ3) is 3.26. The molecule has 1 aromatic heterocycles. The highest BCUT2D eigenvalue weighted by atomic mass is 32.2. The van der Waals surface area contributed by atoms with Gasteiger partial charge in [-0.1, -0.05) is 6.07 Å². The summed E-state index contributed by atoms with van der Waals surface area (Å²) >= 11 is 3.40. The van der Waals surface area contributed by atoms with Crippen molar-refractivity contribution in [2.75, 3.05) is 18.9 Å². The molecule has 0 aromatic carbocycles. The standard InChI is InChI=1S/C15H19NO3S2/c1-2-19-15(18)12-8-11(12)14-16(13(17)9-21-14)6-5-10-4-3-7-20-10/h3-4,7,11-12,14H,2,5-6,8-9H2,1H3. The lowest BCUT2D eigenvalue weighted by Crippen LogP contribution is -2.36. The quantitative estimate of drug-likeness (QED) is 0.754. The lowest BCUT2D eigenvalue weighted by Gasteiger charge is -2.23. The fourth-order valence-electron chi connectivity index (χ4n) is 2.81. The van der Waals surface area contributed by atoms with E-state index in [0.717, 1.165) is 19.4 Å². The first kappa shape index (κ1) is 14.9. The van der Waals surface area contributed by atoms with Crippen LogP contribution in [0.4, 0.5) is 0 Å². The lowest BCUT2D eigenvalue weighted by molar-refractivity contribution is -0.145.